The zero-order chi connectivity index (χ0) is 16.4. The molecule has 0 saturated heterocycles. The molecule has 116 valence electrons. The molecule has 1 aromatic carbocycles. The molecule has 7 nitrogen and oxygen atoms in total. The zero-order valence-electron chi connectivity index (χ0n) is 12.2. The fraction of sp³-hybridized carbons (Fsp3) is 0.250. The van der Waals surface area contributed by atoms with Crippen molar-refractivity contribution in [2.24, 2.45) is 0 Å². The Hall–Kier alpha value is -3.14. The smallest absolute Gasteiger partial charge is 0.326 e. The molecule has 0 bridgehead atoms. The van der Waals surface area contributed by atoms with Gasteiger partial charge in [0.05, 0.1) is 5.69 Å². The van der Waals surface area contributed by atoms with Crippen LogP contribution >= 0.6 is 0 Å². The van der Waals surface area contributed by atoms with Crippen LogP contribution in [-0.4, -0.2) is 20.6 Å². The number of nitrogens with zero attached hydrogens (tertiary/aromatic N) is 3. The Labute approximate surface area is 131 Å². The summed E-state index contributed by atoms with van der Waals surface area (Å²) in [5.74, 6) is -1.07. The van der Waals surface area contributed by atoms with E-state index in [0.29, 0.717) is 25.1 Å². The van der Waals surface area contributed by atoms with E-state index in [-0.39, 0.29) is 11.5 Å². The average Bonchev–Trinajstić information content (AvgIpc) is 3.01. The van der Waals surface area contributed by atoms with Crippen LogP contribution in [0, 0.1) is 11.3 Å². The minimum atomic E-state index is -1.07. The maximum absolute atomic E-state index is 12.5. The van der Waals surface area contributed by atoms with Gasteiger partial charge in [0.15, 0.2) is 11.5 Å². The number of anilines is 1. The Kier molecular flexibility index (Phi) is 3.81. The number of nitrogens with one attached hydrogen (secondary N) is 1. The Bertz CT molecular complexity index is 852. The van der Waals surface area contributed by atoms with Gasteiger partial charge in [-0.1, -0.05) is 30.3 Å². The number of rotatable bonds is 4. The van der Waals surface area contributed by atoms with E-state index in [2.05, 4.69) is 10.3 Å². The maximum atomic E-state index is 12.5. The van der Waals surface area contributed by atoms with Crippen LogP contribution in [0.5, 0.6) is 0 Å². The number of carboxylic acid groups (broad SMARTS) is 1. The number of fused-ring (bicyclic) bond motifs is 1. The van der Waals surface area contributed by atoms with Crippen molar-refractivity contribution >= 4 is 11.8 Å². The molecule has 2 aromatic rings. The second-order valence-corrected chi connectivity index (χ2v) is 5.27. The van der Waals surface area contributed by atoms with Crippen LogP contribution in [0.15, 0.2) is 35.1 Å². The van der Waals surface area contributed by atoms with E-state index in [1.807, 2.05) is 36.4 Å². The minimum Gasteiger partial charge on any atom is -0.480 e. The molecule has 2 heterocycles. The van der Waals surface area contributed by atoms with Gasteiger partial charge in [-0.15, -0.1) is 0 Å². The predicted molar refractivity (Wildman–Crippen MR) is 82.0 cm³/mol. The van der Waals surface area contributed by atoms with Crippen LogP contribution in [0.1, 0.15) is 29.4 Å². The van der Waals surface area contributed by atoms with Crippen molar-refractivity contribution in [3.8, 4) is 6.07 Å². The normalized spacial score (nSPS) is 15.7. The van der Waals surface area contributed by atoms with Gasteiger partial charge < -0.3 is 10.4 Å². The molecule has 23 heavy (non-hydrogen) atoms. The summed E-state index contributed by atoms with van der Waals surface area (Å²) in [5.41, 5.74) is 0.950. The van der Waals surface area contributed by atoms with E-state index in [9.17, 15) is 20.0 Å². The molecule has 0 saturated carbocycles. The highest BCUT2D eigenvalue weighted by Gasteiger charge is 2.32. The topological polar surface area (TPSA) is 108 Å². The number of carboxylic acids is 1. The predicted octanol–water partition coefficient (Wildman–Crippen LogP) is 1.30. The lowest BCUT2D eigenvalue weighted by Gasteiger charge is -2.13. The van der Waals surface area contributed by atoms with Gasteiger partial charge in [0.2, 0.25) is 0 Å². The summed E-state index contributed by atoms with van der Waals surface area (Å²) in [6.07, 6.45) is 0.657. The summed E-state index contributed by atoms with van der Waals surface area (Å²) in [6.45, 7) is 0.366. The number of hydrogen-bond donors (Lipinski definition) is 2. The lowest BCUT2D eigenvalue weighted by Crippen LogP contribution is -2.31. The second kappa shape index (κ2) is 5.93. The maximum Gasteiger partial charge on any atom is 0.326 e. The molecule has 0 aliphatic carbocycles. The molecule has 0 unspecified atom stereocenters. The minimum absolute atomic E-state index is 0.00213. The van der Waals surface area contributed by atoms with Crippen LogP contribution in [-0.2, 0) is 17.8 Å². The lowest BCUT2D eigenvalue weighted by atomic mass is 10.2. The first kappa shape index (κ1) is 14.8. The number of hydrogen-bond acceptors (Lipinski definition) is 5. The first-order valence-electron chi connectivity index (χ1n) is 7.18. The van der Waals surface area contributed by atoms with Gasteiger partial charge in [0, 0.05) is 6.54 Å². The van der Waals surface area contributed by atoms with Crippen molar-refractivity contribution in [2.45, 2.75) is 25.4 Å². The van der Waals surface area contributed by atoms with Crippen molar-refractivity contribution in [1.29, 1.82) is 5.26 Å². The Morgan fingerprint density at radius 1 is 1.43 bits per heavy atom. The number of nitriles is 1. The van der Waals surface area contributed by atoms with E-state index < -0.39 is 17.6 Å². The third-order valence-corrected chi connectivity index (χ3v) is 3.87. The van der Waals surface area contributed by atoms with Crippen molar-refractivity contribution in [1.82, 2.24) is 9.55 Å². The fourth-order valence-corrected chi connectivity index (χ4v) is 2.77. The molecular formula is C16H14N4O3. The zero-order valence-corrected chi connectivity index (χ0v) is 12.2. The quantitative estimate of drug-likeness (QED) is 0.881. The Morgan fingerprint density at radius 3 is 2.83 bits per heavy atom. The molecule has 7 heteroatoms. The number of aromatic nitrogens is 2. The lowest BCUT2D eigenvalue weighted by molar-refractivity contribution is -0.140. The van der Waals surface area contributed by atoms with E-state index in [4.69, 9.17) is 0 Å². The van der Waals surface area contributed by atoms with Crippen molar-refractivity contribution in [3.63, 3.8) is 0 Å². The highest BCUT2D eigenvalue weighted by atomic mass is 16.4. The van der Waals surface area contributed by atoms with E-state index in [1.165, 1.54) is 4.57 Å². The van der Waals surface area contributed by atoms with Crippen molar-refractivity contribution in [3.05, 3.63) is 57.6 Å². The molecule has 1 aliphatic rings. The largest absolute Gasteiger partial charge is 0.480 e. The van der Waals surface area contributed by atoms with Crippen LogP contribution in [0.3, 0.4) is 0 Å². The van der Waals surface area contributed by atoms with Crippen LogP contribution in [0.25, 0.3) is 0 Å². The molecular weight excluding hydrogens is 296 g/mol. The van der Waals surface area contributed by atoms with Gasteiger partial charge in [-0.25, -0.2) is 9.78 Å². The van der Waals surface area contributed by atoms with E-state index in [0.717, 1.165) is 5.56 Å². The molecule has 0 spiro atoms. The molecule has 0 radical (unpaired) electrons. The monoisotopic (exact) mass is 310 g/mol. The third kappa shape index (κ3) is 2.66. The van der Waals surface area contributed by atoms with Crippen molar-refractivity contribution < 1.29 is 9.90 Å². The summed E-state index contributed by atoms with van der Waals surface area (Å²) >= 11 is 0. The summed E-state index contributed by atoms with van der Waals surface area (Å²) in [5, 5.41) is 21.4. The molecule has 1 aromatic heterocycles. The molecule has 0 amide bonds. The Balaban J connectivity index is 1.99. The van der Waals surface area contributed by atoms with Crippen LogP contribution in [0.4, 0.5) is 5.82 Å². The Morgan fingerprint density at radius 2 is 2.17 bits per heavy atom. The molecule has 1 aliphatic heterocycles. The second-order valence-electron chi connectivity index (χ2n) is 5.27. The SMILES string of the molecule is N#Cc1nc(NCc2ccccc2)c(=O)n2c1CC[C@H]2C(=O)O. The van der Waals surface area contributed by atoms with Crippen LogP contribution in [0.2, 0.25) is 0 Å². The third-order valence-electron chi connectivity index (χ3n) is 3.87. The number of aliphatic carboxylic acids is 1. The van der Waals surface area contributed by atoms with Crippen LogP contribution < -0.4 is 10.9 Å². The average molecular weight is 310 g/mol. The van der Waals surface area contributed by atoms with Gasteiger partial charge in [0.25, 0.3) is 5.56 Å². The standard InChI is InChI=1S/C16H14N4O3/c17-8-11-12-6-7-13(16(22)23)20(12)15(21)14(19-11)18-9-10-4-2-1-3-5-10/h1-5,13H,6-7,9H2,(H,18,19)(H,22,23)/t13-/m0/s1. The van der Waals surface area contributed by atoms with Gasteiger partial charge in [0.1, 0.15) is 12.1 Å². The fourth-order valence-electron chi connectivity index (χ4n) is 2.77. The van der Waals surface area contributed by atoms with E-state index >= 15 is 0 Å². The highest BCUT2D eigenvalue weighted by molar-refractivity contribution is 5.73. The molecule has 2 N–H and O–H groups in total. The van der Waals surface area contributed by atoms with Gasteiger partial charge >= 0.3 is 5.97 Å². The summed E-state index contributed by atoms with van der Waals surface area (Å²) in [4.78, 5) is 27.9. The number of carbonyl (C=O) groups is 1. The van der Waals surface area contributed by atoms with Gasteiger partial charge in [-0.3, -0.25) is 9.36 Å². The molecule has 1 atom stereocenters. The van der Waals surface area contributed by atoms with Gasteiger partial charge in [-0.2, -0.15) is 5.26 Å². The summed E-state index contributed by atoms with van der Waals surface area (Å²) in [6, 6.07) is 10.4. The first-order valence-corrected chi connectivity index (χ1v) is 7.18. The van der Waals surface area contributed by atoms with Crippen molar-refractivity contribution in [2.75, 3.05) is 5.32 Å². The summed E-state index contributed by atoms with van der Waals surface area (Å²) in [7, 11) is 0. The number of benzene rings is 1. The first-order chi connectivity index (χ1) is 11.1. The molecule has 3 rings (SSSR count). The highest BCUT2D eigenvalue weighted by Crippen LogP contribution is 2.26. The van der Waals surface area contributed by atoms with E-state index in [1.54, 1.807) is 0 Å². The summed E-state index contributed by atoms with van der Waals surface area (Å²) < 4.78 is 1.18. The van der Waals surface area contributed by atoms with Gasteiger partial charge in [-0.05, 0) is 18.4 Å². The molecule has 0 fully saturated rings.